The molecule has 4 rings (SSSR count). The van der Waals surface area contributed by atoms with Crippen LogP contribution in [0.15, 0.2) is 29.3 Å². The zero-order chi connectivity index (χ0) is 6.55. The van der Waals surface area contributed by atoms with Crippen LogP contribution < -0.4 is 0 Å². The van der Waals surface area contributed by atoms with Crippen molar-refractivity contribution >= 4 is 6.21 Å². The minimum absolute atomic E-state index is 0.361. The van der Waals surface area contributed by atoms with Gasteiger partial charge in [0.1, 0.15) is 0 Å². The molecular formula is C9H9N. The summed E-state index contributed by atoms with van der Waals surface area (Å²) in [5, 5.41) is 0. The molecule has 2 heterocycles. The quantitative estimate of drug-likeness (QED) is 0.441. The highest BCUT2D eigenvalue weighted by Gasteiger charge is 2.47. The fourth-order valence-corrected chi connectivity index (χ4v) is 1.94. The van der Waals surface area contributed by atoms with Gasteiger partial charge in [0.2, 0.25) is 0 Å². The fraction of sp³-hybridized carbons (Fsp3) is 0.444. The summed E-state index contributed by atoms with van der Waals surface area (Å²) in [6, 6.07) is 0.361. The van der Waals surface area contributed by atoms with Crippen molar-refractivity contribution in [2.24, 2.45) is 22.7 Å². The van der Waals surface area contributed by atoms with Crippen LogP contribution >= 0.6 is 0 Å². The average Bonchev–Trinajstić information content (AvgIpc) is 2.67. The van der Waals surface area contributed by atoms with Crippen LogP contribution in [-0.2, 0) is 0 Å². The predicted molar refractivity (Wildman–Crippen MR) is 41.0 cm³/mol. The molecule has 50 valence electrons. The number of rotatable bonds is 0. The molecule has 2 aliphatic carbocycles. The van der Waals surface area contributed by atoms with E-state index in [0.717, 1.165) is 17.8 Å². The van der Waals surface area contributed by atoms with Gasteiger partial charge in [0.25, 0.3) is 0 Å². The molecule has 0 spiro atoms. The van der Waals surface area contributed by atoms with E-state index in [9.17, 15) is 0 Å². The number of hydrogen-bond donors (Lipinski definition) is 0. The minimum atomic E-state index is 0.361. The summed E-state index contributed by atoms with van der Waals surface area (Å²) in [7, 11) is 0. The van der Waals surface area contributed by atoms with Crippen molar-refractivity contribution < 1.29 is 0 Å². The van der Waals surface area contributed by atoms with Gasteiger partial charge in [-0.3, -0.25) is 4.99 Å². The van der Waals surface area contributed by atoms with E-state index in [4.69, 9.17) is 0 Å². The first kappa shape index (κ1) is 4.89. The van der Waals surface area contributed by atoms with Crippen LogP contribution in [0.25, 0.3) is 0 Å². The molecular weight excluding hydrogens is 122 g/mol. The van der Waals surface area contributed by atoms with Gasteiger partial charge in [-0.25, -0.2) is 0 Å². The van der Waals surface area contributed by atoms with Gasteiger partial charge >= 0.3 is 0 Å². The lowest BCUT2D eigenvalue weighted by Gasteiger charge is -1.93. The molecule has 4 bridgehead atoms. The molecule has 2 atom stereocenters. The van der Waals surface area contributed by atoms with Gasteiger partial charge in [0.05, 0.1) is 6.04 Å². The highest BCUT2D eigenvalue weighted by Crippen LogP contribution is 2.49. The predicted octanol–water partition coefficient (Wildman–Crippen LogP) is 1.43. The third-order valence-electron chi connectivity index (χ3n) is 2.68. The summed E-state index contributed by atoms with van der Waals surface area (Å²) in [6.07, 6.45) is 11.2. The van der Waals surface area contributed by atoms with E-state index < -0.39 is 0 Å². The second-order valence-corrected chi connectivity index (χ2v) is 3.29. The first-order valence-corrected chi connectivity index (χ1v) is 3.85. The number of aliphatic imine (C=N–C) groups is 1. The van der Waals surface area contributed by atoms with E-state index in [0.29, 0.717) is 6.04 Å². The molecule has 1 nitrogen and oxygen atoms in total. The average molecular weight is 131 g/mol. The smallest absolute Gasteiger partial charge is 0.0857 e. The highest BCUT2D eigenvalue weighted by molar-refractivity contribution is 5.70. The first-order valence-electron chi connectivity index (χ1n) is 3.85. The van der Waals surface area contributed by atoms with E-state index >= 15 is 0 Å². The van der Waals surface area contributed by atoms with E-state index in [-0.39, 0.29) is 0 Å². The molecule has 10 heavy (non-hydrogen) atoms. The lowest BCUT2D eigenvalue weighted by atomic mass is 10.2. The van der Waals surface area contributed by atoms with E-state index in [1.165, 1.54) is 0 Å². The van der Waals surface area contributed by atoms with Gasteiger partial charge in [-0.15, -0.1) is 0 Å². The van der Waals surface area contributed by atoms with Gasteiger partial charge < -0.3 is 0 Å². The molecule has 0 aromatic rings. The minimum Gasteiger partial charge on any atom is -0.286 e. The molecule has 0 aromatic carbocycles. The zero-order valence-electron chi connectivity index (χ0n) is 5.64. The normalized spacial score (nSPS) is 52.8. The van der Waals surface area contributed by atoms with E-state index in [2.05, 4.69) is 35.5 Å². The summed E-state index contributed by atoms with van der Waals surface area (Å²) in [6.45, 7) is 0. The van der Waals surface area contributed by atoms with Gasteiger partial charge in [-0.2, -0.15) is 0 Å². The molecule has 0 radical (unpaired) electrons. The molecule has 2 unspecified atom stereocenters. The molecule has 0 aromatic heterocycles. The topological polar surface area (TPSA) is 12.4 Å². The van der Waals surface area contributed by atoms with Crippen molar-refractivity contribution in [3.8, 4) is 0 Å². The number of allylic oxidation sites excluding steroid dienone is 2. The maximum Gasteiger partial charge on any atom is 0.0857 e. The van der Waals surface area contributed by atoms with E-state index in [1.807, 2.05) is 0 Å². The van der Waals surface area contributed by atoms with Crippen LogP contribution in [0.3, 0.4) is 0 Å². The largest absolute Gasteiger partial charge is 0.286 e. The maximum absolute atomic E-state index is 4.41. The molecule has 1 fully saturated rings. The van der Waals surface area contributed by atoms with Crippen LogP contribution in [0.4, 0.5) is 0 Å². The van der Waals surface area contributed by atoms with Crippen LogP contribution in [0.1, 0.15) is 0 Å². The van der Waals surface area contributed by atoms with Crippen molar-refractivity contribution in [3.63, 3.8) is 0 Å². The maximum atomic E-state index is 4.41. The molecule has 1 saturated carbocycles. The van der Waals surface area contributed by atoms with Gasteiger partial charge in [-0.05, 0) is 11.8 Å². The summed E-state index contributed by atoms with van der Waals surface area (Å²) in [5.74, 6) is 2.35. The Morgan fingerprint density at radius 3 is 2.20 bits per heavy atom. The van der Waals surface area contributed by atoms with Gasteiger partial charge in [0, 0.05) is 12.1 Å². The van der Waals surface area contributed by atoms with Gasteiger partial charge in [0.15, 0.2) is 0 Å². The number of nitrogens with zero attached hydrogens (tertiary/aromatic N) is 1. The molecule has 1 heteroatoms. The Bertz CT molecular complexity index is 201. The Morgan fingerprint density at radius 2 is 1.50 bits per heavy atom. The zero-order valence-corrected chi connectivity index (χ0v) is 5.64. The summed E-state index contributed by atoms with van der Waals surface area (Å²) in [5.41, 5.74) is 0. The molecule has 0 N–H and O–H groups in total. The van der Waals surface area contributed by atoms with Crippen LogP contribution in [0.5, 0.6) is 0 Å². The molecule has 0 amide bonds. The molecule has 0 saturated heterocycles. The summed E-state index contributed by atoms with van der Waals surface area (Å²) >= 11 is 0. The Kier molecular flexibility index (Phi) is 0.693. The summed E-state index contributed by atoms with van der Waals surface area (Å²) in [4.78, 5) is 4.41. The second kappa shape index (κ2) is 1.42. The Balaban J connectivity index is 2.17. The monoisotopic (exact) mass is 131 g/mol. The third-order valence-corrected chi connectivity index (χ3v) is 2.68. The molecule has 2 aliphatic heterocycles. The van der Waals surface area contributed by atoms with Crippen molar-refractivity contribution in [3.05, 3.63) is 24.3 Å². The molecule has 4 aliphatic rings. The standard InChI is InChI=1S/C9H9N/c1-3-7-8-4-2-6(1)10-5-9(7)8/h1-9H. The Hall–Kier alpha value is -0.850. The van der Waals surface area contributed by atoms with Gasteiger partial charge in [-0.1, -0.05) is 24.3 Å². The lowest BCUT2D eigenvalue weighted by Crippen LogP contribution is -1.91. The number of hydrogen-bond acceptors (Lipinski definition) is 1. The van der Waals surface area contributed by atoms with Crippen molar-refractivity contribution in [1.29, 1.82) is 0 Å². The van der Waals surface area contributed by atoms with Crippen LogP contribution in [-0.4, -0.2) is 12.3 Å². The third kappa shape index (κ3) is 0.464. The SMILES string of the molecule is C1=CC2C3C=CC1N=CC23. The first-order chi connectivity index (χ1) is 4.95. The van der Waals surface area contributed by atoms with Crippen LogP contribution in [0, 0.1) is 17.8 Å². The second-order valence-electron chi connectivity index (χ2n) is 3.29. The van der Waals surface area contributed by atoms with Crippen LogP contribution in [0.2, 0.25) is 0 Å². The van der Waals surface area contributed by atoms with Crippen molar-refractivity contribution in [2.45, 2.75) is 6.04 Å². The van der Waals surface area contributed by atoms with E-state index in [1.54, 1.807) is 0 Å². The Labute approximate surface area is 60.2 Å². The Morgan fingerprint density at radius 1 is 0.800 bits per heavy atom. The lowest BCUT2D eigenvalue weighted by molar-refractivity contribution is 1.00. The van der Waals surface area contributed by atoms with Crippen molar-refractivity contribution in [2.75, 3.05) is 0 Å². The summed E-state index contributed by atoms with van der Waals surface area (Å²) < 4.78 is 0. The highest BCUT2D eigenvalue weighted by atomic mass is 14.8. The fourth-order valence-electron chi connectivity index (χ4n) is 1.94. The van der Waals surface area contributed by atoms with Crippen molar-refractivity contribution in [1.82, 2.24) is 0 Å².